The van der Waals surface area contributed by atoms with Gasteiger partial charge in [-0.05, 0) is 83.9 Å². The summed E-state index contributed by atoms with van der Waals surface area (Å²) in [5.74, 6) is 0. The average molecular weight is 643 g/mol. The quantitative estimate of drug-likeness (QED) is 0.157. The molecule has 50 heavy (non-hydrogen) atoms. The van der Waals surface area contributed by atoms with E-state index < -0.39 is 0 Å². The molecular formula is C46H34N4. The lowest BCUT2D eigenvalue weighted by Gasteiger charge is -2.28. The third kappa shape index (κ3) is 6.38. The molecule has 0 fully saturated rings. The fourth-order valence-electron chi connectivity index (χ4n) is 6.36. The Hall–Kier alpha value is -6.78. The molecule has 1 heterocycles. The second-order valence-electron chi connectivity index (χ2n) is 11.9. The van der Waals surface area contributed by atoms with Crippen LogP contribution in [0.5, 0.6) is 0 Å². The molecule has 0 spiro atoms. The van der Waals surface area contributed by atoms with Crippen molar-refractivity contribution < 1.29 is 0 Å². The third-order valence-electron chi connectivity index (χ3n) is 8.77. The van der Waals surface area contributed by atoms with Gasteiger partial charge >= 0.3 is 0 Å². The summed E-state index contributed by atoms with van der Waals surface area (Å²) in [6.07, 6.45) is 3.51. The van der Waals surface area contributed by atoms with Crippen LogP contribution in [-0.4, -0.2) is 9.97 Å². The zero-order chi connectivity index (χ0) is 33.5. The molecule has 0 bridgehead atoms. The normalized spacial score (nSPS) is 10.8. The number of hydrogen-bond donors (Lipinski definition) is 0. The molecule has 0 amide bonds. The van der Waals surface area contributed by atoms with Crippen LogP contribution < -0.4 is 9.80 Å². The third-order valence-corrected chi connectivity index (χ3v) is 8.77. The second kappa shape index (κ2) is 14.1. The van der Waals surface area contributed by atoms with E-state index in [1.54, 1.807) is 12.4 Å². The summed E-state index contributed by atoms with van der Waals surface area (Å²) in [7, 11) is 0. The summed E-state index contributed by atoms with van der Waals surface area (Å²) < 4.78 is 0. The van der Waals surface area contributed by atoms with E-state index in [4.69, 9.17) is 9.97 Å². The van der Waals surface area contributed by atoms with Crippen LogP contribution in [0, 0.1) is 0 Å². The number of para-hydroxylation sites is 2. The minimum absolute atomic E-state index is 0.857. The van der Waals surface area contributed by atoms with Crippen LogP contribution in [0.4, 0.5) is 34.1 Å². The predicted molar refractivity (Wildman–Crippen MR) is 208 cm³/mol. The van der Waals surface area contributed by atoms with Crippen molar-refractivity contribution in [2.75, 3.05) is 9.80 Å². The molecule has 0 aliphatic heterocycles. The number of rotatable bonds is 9. The highest BCUT2D eigenvalue weighted by molar-refractivity contribution is 5.84. The van der Waals surface area contributed by atoms with E-state index in [9.17, 15) is 0 Å². The lowest BCUT2D eigenvalue weighted by molar-refractivity contribution is 1.21. The van der Waals surface area contributed by atoms with E-state index >= 15 is 0 Å². The lowest BCUT2D eigenvalue weighted by atomic mass is 10.0. The molecular weight excluding hydrogens is 609 g/mol. The molecule has 238 valence electrons. The summed E-state index contributed by atoms with van der Waals surface area (Å²) in [6.45, 7) is 0. The Morgan fingerprint density at radius 3 is 0.900 bits per heavy atom. The van der Waals surface area contributed by atoms with Crippen LogP contribution in [0.3, 0.4) is 0 Å². The van der Waals surface area contributed by atoms with Gasteiger partial charge in [0.2, 0.25) is 0 Å². The number of anilines is 6. The van der Waals surface area contributed by atoms with E-state index in [0.717, 1.165) is 56.6 Å². The van der Waals surface area contributed by atoms with Gasteiger partial charge in [0.05, 0.1) is 11.4 Å². The minimum atomic E-state index is 0.857. The van der Waals surface area contributed by atoms with Gasteiger partial charge in [-0.2, -0.15) is 0 Å². The maximum Gasteiger partial charge on any atom is 0.0965 e. The van der Waals surface area contributed by atoms with Gasteiger partial charge in [0.15, 0.2) is 0 Å². The van der Waals surface area contributed by atoms with Crippen molar-refractivity contribution in [1.82, 2.24) is 9.97 Å². The largest absolute Gasteiger partial charge is 0.311 e. The number of aromatic nitrogens is 2. The highest BCUT2D eigenvalue weighted by Crippen LogP contribution is 2.40. The van der Waals surface area contributed by atoms with Gasteiger partial charge in [-0.3, -0.25) is 9.97 Å². The molecule has 0 N–H and O–H groups in total. The Bertz CT molecular complexity index is 2230. The van der Waals surface area contributed by atoms with Gasteiger partial charge in [-0.25, -0.2) is 0 Å². The maximum atomic E-state index is 4.75. The smallest absolute Gasteiger partial charge is 0.0965 e. The van der Waals surface area contributed by atoms with Crippen LogP contribution in [-0.2, 0) is 0 Å². The predicted octanol–water partition coefficient (Wildman–Crippen LogP) is 12.4. The molecule has 8 aromatic rings. The van der Waals surface area contributed by atoms with E-state index in [1.807, 2.05) is 24.3 Å². The summed E-state index contributed by atoms with van der Waals surface area (Å²) >= 11 is 0. The fraction of sp³-hybridized carbons (Fsp3) is 0. The maximum absolute atomic E-state index is 4.75. The van der Waals surface area contributed by atoms with Crippen molar-refractivity contribution in [2.24, 2.45) is 0 Å². The zero-order valence-corrected chi connectivity index (χ0v) is 27.4. The topological polar surface area (TPSA) is 32.3 Å². The monoisotopic (exact) mass is 642 g/mol. The molecule has 7 aromatic carbocycles. The number of benzene rings is 7. The van der Waals surface area contributed by atoms with Crippen molar-refractivity contribution >= 4 is 34.1 Å². The van der Waals surface area contributed by atoms with Gasteiger partial charge in [0.1, 0.15) is 0 Å². The first-order chi connectivity index (χ1) is 24.8. The van der Waals surface area contributed by atoms with Crippen molar-refractivity contribution in [2.45, 2.75) is 0 Å². The van der Waals surface area contributed by atoms with E-state index in [2.05, 4.69) is 180 Å². The van der Waals surface area contributed by atoms with Crippen molar-refractivity contribution in [3.63, 3.8) is 0 Å². The Labute approximate surface area is 293 Å². The van der Waals surface area contributed by atoms with Crippen molar-refractivity contribution in [3.8, 4) is 33.6 Å². The summed E-state index contributed by atoms with van der Waals surface area (Å²) in [5.41, 5.74) is 12.6. The molecule has 0 atom stereocenters. The summed E-state index contributed by atoms with van der Waals surface area (Å²) in [5, 5.41) is 0. The molecule has 8 rings (SSSR count). The van der Waals surface area contributed by atoms with E-state index in [-0.39, 0.29) is 0 Å². The highest BCUT2D eigenvalue weighted by Gasteiger charge is 2.17. The van der Waals surface area contributed by atoms with Crippen LogP contribution in [0.25, 0.3) is 33.6 Å². The minimum Gasteiger partial charge on any atom is -0.311 e. The first-order valence-electron chi connectivity index (χ1n) is 16.7. The zero-order valence-electron chi connectivity index (χ0n) is 27.4. The fourth-order valence-corrected chi connectivity index (χ4v) is 6.36. The molecule has 4 nitrogen and oxygen atoms in total. The van der Waals surface area contributed by atoms with Gasteiger partial charge < -0.3 is 9.80 Å². The SMILES string of the molecule is c1ccc(-c2ccc(N(c3ccc(-c4nccnc4-c4ccccc4)cc3)c3ccc(N(c4ccccc4)c4ccccc4)cc3)cc2)cc1. The molecule has 4 heteroatoms. The molecule has 0 saturated heterocycles. The molecule has 0 radical (unpaired) electrons. The first-order valence-corrected chi connectivity index (χ1v) is 16.7. The molecule has 1 aromatic heterocycles. The lowest BCUT2D eigenvalue weighted by Crippen LogP contribution is -2.12. The second-order valence-corrected chi connectivity index (χ2v) is 11.9. The van der Waals surface area contributed by atoms with Gasteiger partial charge in [-0.1, -0.05) is 121 Å². The standard InChI is InChI=1S/C46H34N4/c1-5-13-35(14-6-1)36-21-25-41(26-22-36)50(42-27-23-38(24-28-42)46-45(47-33-34-48-46)37-15-7-2-8-16-37)44-31-29-43(30-32-44)49(39-17-9-3-10-18-39)40-19-11-4-12-20-40/h1-34H. The molecule has 0 aliphatic rings. The Morgan fingerprint density at radius 2 is 0.500 bits per heavy atom. The summed E-state index contributed by atoms with van der Waals surface area (Å²) in [6, 6.07) is 67.9. The average Bonchev–Trinajstić information content (AvgIpc) is 3.21. The summed E-state index contributed by atoms with van der Waals surface area (Å²) in [4.78, 5) is 14.0. The van der Waals surface area contributed by atoms with Crippen molar-refractivity contribution in [1.29, 1.82) is 0 Å². The van der Waals surface area contributed by atoms with Crippen LogP contribution in [0.15, 0.2) is 207 Å². The Kier molecular flexibility index (Phi) is 8.64. The van der Waals surface area contributed by atoms with Crippen LogP contribution in [0.2, 0.25) is 0 Å². The number of hydrogen-bond acceptors (Lipinski definition) is 4. The van der Waals surface area contributed by atoms with Crippen LogP contribution in [0.1, 0.15) is 0 Å². The highest BCUT2D eigenvalue weighted by atomic mass is 15.2. The van der Waals surface area contributed by atoms with Gasteiger partial charge in [-0.15, -0.1) is 0 Å². The van der Waals surface area contributed by atoms with E-state index in [1.165, 1.54) is 11.1 Å². The number of nitrogens with zero attached hydrogens (tertiary/aromatic N) is 4. The molecule has 0 saturated carbocycles. The first kappa shape index (κ1) is 30.5. The molecule has 0 unspecified atom stereocenters. The van der Waals surface area contributed by atoms with Gasteiger partial charge in [0.25, 0.3) is 0 Å². The van der Waals surface area contributed by atoms with Crippen molar-refractivity contribution in [3.05, 3.63) is 207 Å². The van der Waals surface area contributed by atoms with E-state index in [0.29, 0.717) is 0 Å². The van der Waals surface area contributed by atoms with Crippen LogP contribution >= 0.6 is 0 Å². The van der Waals surface area contributed by atoms with Gasteiger partial charge in [0, 0.05) is 57.6 Å². The Morgan fingerprint density at radius 1 is 0.240 bits per heavy atom. The Balaban J connectivity index is 1.19. The molecule has 0 aliphatic carbocycles.